The third kappa shape index (κ3) is 58.3. The molecular weight excluding hydrogens is 155 g/mol. The van der Waals surface area contributed by atoms with Gasteiger partial charge in [0, 0.05) is 0 Å². The SMILES string of the molecule is C[CH-]C.[Cl-].[Cl-].[Ti+3]. The van der Waals surface area contributed by atoms with Gasteiger partial charge in [0.15, 0.2) is 0 Å². The number of rotatable bonds is 0. The quantitative estimate of drug-likeness (QED) is 0.248. The first-order chi connectivity index (χ1) is 1.41. The molecule has 0 fully saturated rings. The molecule has 0 N–H and O–H groups in total. The van der Waals surface area contributed by atoms with Crippen LogP contribution in [-0.2, 0) is 21.7 Å². The summed E-state index contributed by atoms with van der Waals surface area (Å²) in [5.41, 5.74) is 0. The van der Waals surface area contributed by atoms with Crippen molar-refractivity contribution < 1.29 is 46.5 Å². The average Bonchev–Trinajstić information content (AvgIpc) is 0.918. The second kappa shape index (κ2) is 33.5. The zero-order chi connectivity index (χ0) is 2.71. The summed E-state index contributed by atoms with van der Waals surface area (Å²) in [5, 5.41) is 0. The molecule has 0 aromatic carbocycles. The minimum absolute atomic E-state index is 0. The fourth-order valence-corrected chi connectivity index (χ4v) is 0. The van der Waals surface area contributed by atoms with Crippen LogP contribution in [0.3, 0.4) is 0 Å². The molecule has 0 aliphatic heterocycles. The molecule has 0 bridgehead atoms. The van der Waals surface area contributed by atoms with E-state index in [1.165, 1.54) is 0 Å². The Balaban J connectivity index is -0.00000000667. The van der Waals surface area contributed by atoms with Crippen LogP contribution >= 0.6 is 0 Å². The second-order valence-corrected chi connectivity index (χ2v) is 0.577. The molecule has 3 heteroatoms. The van der Waals surface area contributed by atoms with Gasteiger partial charge in [-0.3, -0.25) is 0 Å². The molecule has 6 heavy (non-hydrogen) atoms. The minimum Gasteiger partial charge on any atom is -1.00 e. The van der Waals surface area contributed by atoms with Gasteiger partial charge in [0.1, 0.15) is 0 Å². The zero-order valence-corrected chi connectivity index (χ0v) is 6.91. The third-order valence-corrected chi connectivity index (χ3v) is 0. The van der Waals surface area contributed by atoms with Gasteiger partial charge in [-0.2, -0.15) is 13.8 Å². The van der Waals surface area contributed by atoms with Crippen molar-refractivity contribution in [1.82, 2.24) is 0 Å². The summed E-state index contributed by atoms with van der Waals surface area (Å²) in [6.07, 6.45) is 2.00. The number of hydrogen-bond acceptors (Lipinski definition) is 0. The molecule has 1 radical (unpaired) electrons. The van der Waals surface area contributed by atoms with Crippen molar-refractivity contribution in [3.05, 3.63) is 6.42 Å². The number of hydrogen-bond donors (Lipinski definition) is 0. The fraction of sp³-hybridized carbons (Fsp3) is 0.667. The predicted octanol–water partition coefficient (Wildman–Crippen LogP) is -4.76. The molecule has 0 saturated heterocycles. The first-order valence-corrected chi connectivity index (χ1v) is 1.15. The molecule has 0 saturated carbocycles. The number of halogens is 2. The summed E-state index contributed by atoms with van der Waals surface area (Å²) in [6, 6.07) is 0. The first-order valence-electron chi connectivity index (χ1n) is 1.15. The van der Waals surface area contributed by atoms with E-state index in [0.717, 1.165) is 0 Å². The summed E-state index contributed by atoms with van der Waals surface area (Å²) < 4.78 is 0. The van der Waals surface area contributed by atoms with Crippen LogP contribution in [-0.4, -0.2) is 0 Å². The largest absolute Gasteiger partial charge is 3.00 e. The summed E-state index contributed by atoms with van der Waals surface area (Å²) >= 11 is 0. The van der Waals surface area contributed by atoms with E-state index in [-0.39, 0.29) is 46.5 Å². The van der Waals surface area contributed by atoms with Crippen LogP contribution in [0, 0.1) is 6.42 Å². The van der Waals surface area contributed by atoms with Crippen molar-refractivity contribution in [2.45, 2.75) is 13.8 Å². The molecule has 0 atom stereocenters. The van der Waals surface area contributed by atoms with Crippen LogP contribution in [0.15, 0.2) is 0 Å². The molecule has 0 aromatic heterocycles. The summed E-state index contributed by atoms with van der Waals surface area (Å²) in [4.78, 5) is 0. The van der Waals surface area contributed by atoms with Crippen molar-refractivity contribution in [2.75, 3.05) is 0 Å². The van der Waals surface area contributed by atoms with Crippen LogP contribution < -0.4 is 24.8 Å². The Labute approximate surface area is 66.8 Å². The Kier molecular flexibility index (Phi) is 149. The Morgan fingerprint density at radius 3 is 1.00 bits per heavy atom. The molecule has 0 nitrogen and oxygen atoms in total. The molecule has 0 spiro atoms. The van der Waals surface area contributed by atoms with Crippen LogP contribution in [0.2, 0.25) is 0 Å². The topological polar surface area (TPSA) is 0 Å². The van der Waals surface area contributed by atoms with Crippen LogP contribution in [0.4, 0.5) is 0 Å². The smallest absolute Gasteiger partial charge is 1.00 e. The fourth-order valence-electron chi connectivity index (χ4n) is 0. The molecule has 0 unspecified atom stereocenters. The van der Waals surface area contributed by atoms with E-state index in [9.17, 15) is 0 Å². The average molecular weight is 162 g/mol. The molecule has 37 valence electrons. The van der Waals surface area contributed by atoms with Crippen LogP contribution in [0.25, 0.3) is 0 Å². The van der Waals surface area contributed by atoms with Crippen molar-refractivity contribution in [3.63, 3.8) is 0 Å². The third-order valence-electron chi connectivity index (χ3n) is 0. The van der Waals surface area contributed by atoms with Crippen LogP contribution in [0.5, 0.6) is 0 Å². The maximum atomic E-state index is 2.00. The van der Waals surface area contributed by atoms with E-state index in [1.54, 1.807) is 0 Å². The molecule has 0 rings (SSSR count). The van der Waals surface area contributed by atoms with Crippen molar-refractivity contribution in [2.24, 2.45) is 0 Å². The van der Waals surface area contributed by atoms with Gasteiger partial charge < -0.3 is 31.2 Å². The van der Waals surface area contributed by atoms with Gasteiger partial charge in [0.25, 0.3) is 0 Å². The van der Waals surface area contributed by atoms with Crippen molar-refractivity contribution in [3.8, 4) is 0 Å². The standard InChI is InChI=1S/C3H7.2ClH.Ti/c1-3-2;;;/h3H,1-2H3;2*1H;/q-1;;;+3/p-2. The van der Waals surface area contributed by atoms with Gasteiger partial charge in [0.05, 0.1) is 0 Å². The van der Waals surface area contributed by atoms with E-state index >= 15 is 0 Å². The molecule has 0 heterocycles. The van der Waals surface area contributed by atoms with Crippen LogP contribution in [0.1, 0.15) is 13.8 Å². The van der Waals surface area contributed by atoms with Gasteiger partial charge in [-0.15, -0.1) is 0 Å². The van der Waals surface area contributed by atoms with E-state index in [4.69, 9.17) is 0 Å². The predicted molar refractivity (Wildman–Crippen MR) is 15.6 cm³/mol. The monoisotopic (exact) mass is 161 g/mol. The molecule has 0 amide bonds. The van der Waals surface area contributed by atoms with E-state index in [2.05, 4.69) is 0 Å². The minimum atomic E-state index is 0. The molecular formula is C3H7Cl2Ti. The first kappa shape index (κ1) is 26.6. The normalized spacial score (nSPS) is 3.00. The van der Waals surface area contributed by atoms with Gasteiger partial charge >= 0.3 is 21.7 Å². The van der Waals surface area contributed by atoms with Gasteiger partial charge in [-0.1, -0.05) is 0 Å². The van der Waals surface area contributed by atoms with E-state index < -0.39 is 0 Å². The Bertz CT molecular complexity index is 8.75. The van der Waals surface area contributed by atoms with Gasteiger partial charge in [-0.25, -0.2) is 0 Å². The summed E-state index contributed by atoms with van der Waals surface area (Å²) in [5.74, 6) is 0. The zero-order valence-electron chi connectivity index (χ0n) is 3.83. The Morgan fingerprint density at radius 2 is 1.00 bits per heavy atom. The van der Waals surface area contributed by atoms with Crippen molar-refractivity contribution in [1.29, 1.82) is 0 Å². The van der Waals surface area contributed by atoms with Gasteiger partial charge in [0.2, 0.25) is 0 Å². The molecule has 0 aromatic rings. The summed E-state index contributed by atoms with van der Waals surface area (Å²) in [7, 11) is 0. The van der Waals surface area contributed by atoms with Gasteiger partial charge in [-0.05, 0) is 0 Å². The summed E-state index contributed by atoms with van der Waals surface area (Å²) in [6.45, 7) is 4.00. The van der Waals surface area contributed by atoms with E-state index in [1.807, 2.05) is 20.3 Å². The van der Waals surface area contributed by atoms with Crippen molar-refractivity contribution >= 4 is 0 Å². The maximum absolute atomic E-state index is 2.00. The molecule has 0 aliphatic rings. The Hall–Kier alpha value is 1.29. The second-order valence-electron chi connectivity index (χ2n) is 0.577. The maximum Gasteiger partial charge on any atom is 3.00 e. The molecule has 0 aliphatic carbocycles. The Morgan fingerprint density at radius 1 is 1.00 bits per heavy atom. The van der Waals surface area contributed by atoms with E-state index in [0.29, 0.717) is 0 Å².